The number of carbonyl (C=O) groups is 1. The van der Waals surface area contributed by atoms with E-state index in [2.05, 4.69) is 32.2 Å². The summed E-state index contributed by atoms with van der Waals surface area (Å²) in [5, 5.41) is 3.01. The van der Waals surface area contributed by atoms with Crippen LogP contribution >= 0.6 is 0 Å². The molecule has 2 amide bonds. The van der Waals surface area contributed by atoms with Gasteiger partial charge in [-0.2, -0.15) is 0 Å². The van der Waals surface area contributed by atoms with Crippen LogP contribution in [0.5, 0.6) is 0 Å². The average Bonchev–Trinajstić information content (AvgIpc) is 3.08. The summed E-state index contributed by atoms with van der Waals surface area (Å²) in [7, 11) is 0. The van der Waals surface area contributed by atoms with Gasteiger partial charge in [-0.05, 0) is 48.7 Å². The Morgan fingerprint density at radius 2 is 1.57 bits per heavy atom. The Hall–Kier alpha value is -2.83. The third-order valence-corrected chi connectivity index (χ3v) is 5.94. The molecule has 7 heteroatoms. The molecule has 1 N–H and O–H groups in total. The van der Waals surface area contributed by atoms with Crippen LogP contribution in [0.25, 0.3) is 0 Å². The summed E-state index contributed by atoms with van der Waals surface area (Å²) in [5.41, 5.74) is 2.00. The molecule has 2 saturated heterocycles. The van der Waals surface area contributed by atoms with Crippen molar-refractivity contribution in [1.29, 1.82) is 0 Å². The molecular formula is C23H30FN5O. The molecule has 1 aromatic carbocycles. The first-order chi connectivity index (χ1) is 14.7. The van der Waals surface area contributed by atoms with Crippen LogP contribution in [0, 0.1) is 5.82 Å². The van der Waals surface area contributed by atoms with Gasteiger partial charge in [0.25, 0.3) is 0 Å². The first kappa shape index (κ1) is 20.4. The predicted octanol–water partition coefficient (Wildman–Crippen LogP) is 3.63. The third kappa shape index (κ3) is 5.20. The molecule has 0 saturated carbocycles. The normalized spacial score (nSPS) is 17.6. The van der Waals surface area contributed by atoms with Gasteiger partial charge < -0.3 is 20.0 Å². The second-order valence-corrected chi connectivity index (χ2v) is 8.04. The SMILES string of the molecule is O=C(NCc1ccc(N2CCCCCC2)nc1)N1CCN(c2ccc(F)cc2)CC1. The van der Waals surface area contributed by atoms with Gasteiger partial charge in [0, 0.05) is 57.7 Å². The van der Waals surface area contributed by atoms with Gasteiger partial charge in [-0.3, -0.25) is 0 Å². The van der Waals surface area contributed by atoms with Gasteiger partial charge >= 0.3 is 6.03 Å². The summed E-state index contributed by atoms with van der Waals surface area (Å²) in [4.78, 5) is 23.5. The Morgan fingerprint density at radius 1 is 0.867 bits per heavy atom. The van der Waals surface area contributed by atoms with Crippen LogP contribution in [-0.4, -0.2) is 55.2 Å². The summed E-state index contributed by atoms with van der Waals surface area (Å²) in [6, 6.07) is 10.6. The van der Waals surface area contributed by atoms with Crippen molar-refractivity contribution < 1.29 is 9.18 Å². The highest BCUT2D eigenvalue weighted by molar-refractivity contribution is 5.74. The van der Waals surface area contributed by atoms with E-state index in [1.54, 1.807) is 12.1 Å². The number of halogens is 1. The third-order valence-electron chi connectivity index (χ3n) is 5.94. The van der Waals surface area contributed by atoms with E-state index in [4.69, 9.17) is 0 Å². The van der Waals surface area contributed by atoms with Gasteiger partial charge in [0.05, 0.1) is 0 Å². The van der Waals surface area contributed by atoms with Gasteiger partial charge in [0.1, 0.15) is 11.6 Å². The Kier molecular flexibility index (Phi) is 6.67. The maximum absolute atomic E-state index is 13.1. The first-order valence-electron chi connectivity index (χ1n) is 10.9. The molecule has 0 aliphatic carbocycles. The van der Waals surface area contributed by atoms with Gasteiger partial charge in [-0.25, -0.2) is 14.2 Å². The van der Waals surface area contributed by atoms with Gasteiger partial charge in [0.2, 0.25) is 0 Å². The molecule has 0 bridgehead atoms. The van der Waals surface area contributed by atoms with Crippen LogP contribution in [0.2, 0.25) is 0 Å². The number of urea groups is 1. The Labute approximate surface area is 177 Å². The standard InChI is InChI=1S/C23H30FN5O/c24-20-6-8-21(9-7-20)27-13-15-29(16-14-27)23(30)26-18-19-5-10-22(25-17-19)28-11-3-1-2-4-12-28/h5-10,17H,1-4,11-16,18H2,(H,26,30). The molecule has 0 unspecified atom stereocenters. The molecule has 6 nitrogen and oxygen atoms in total. The zero-order valence-electron chi connectivity index (χ0n) is 17.4. The Morgan fingerprint density at radius 3 is 2.20 bits per heavy atom. The second kappa shape index (κ2) is 9.78. The lowest BCUT2D eigenvalue weighted by molar-refractivity contribution is 0.194. The van der Waals surface area contributed by atoms with Crippen molar-refractivity contribution in [3.8, 4) is 0 Å². The fourth-order valence-corrected chi connectivity index (χ4v) is 4.12. The van der Waals surface area contributed by atoms with Crippen molar-refractivity contribution in [3.63, 3.8) is 0 Å². The second-order valence-electron chi connectivity index (χ2n) is 8.04. The lowest BCUT2D eigenvalue weighted by atomic mass is 10.2. The topological polar surface area (TPSA) is 51.7 Å². The summed E-state index contributed by atoms with van der Waals surface area (Å²) in [5.74, 6) is 0.801. The number of carbonyl (C=O) groups excluding carboxylic acids is 1. The Bertz CT molecular complexity index is 810. The molecular weight excluding hydrogens is 381 g/mol. The van der Waals surface area contributed by atoms with Gasteiger partial charge in [-0.15, -0.1) is 0 Å². The zero-order valence-corrected chi connectivity index (χ0v) is 17.4. The summed E-state index contributed by atoms with van der Waals surface area (Å²) in [6.07, 6.45) is 6.94. The molecule has 0 atom stereocenters. The molecule has 1 aromatic heterocycles. The monoisotopic (exact) mass is 411 g/mol. The van der Waals surface area contributed by atoms with E-state index in [9.17, 15) is 9.18 Å². The minimum Gasteiger partial charge on any atom is -0.368 e. The van der Waals surface area contributed by atoms with E-state index in [1.165, 1.54) is 37.8 Å². The van der Waals surface area contributed by atoms with E-state index in [-0.39, 0.29) is 11.8 Å². The number of hydrogen-bond donors (Lipinski definition) is 1. The molecule has 2 aromatic rings. The summed E-state index contributed by atoms with van der Waals surface area (Å²) < 4.78 is 13.1. The van der Waals surface area contributed by atoms with E-state index in [0.717, 1.165) is 43.2 Å². The molecule has 4 rings (SSSR count). The fraction of sp³-hybridized carbons (Fsp3) is 0.478. The highest BCUT2D eigenvalue weighted by Crippen LogP contribution is 2.18. The fourth-order valence-electron chi connectivity index (χ4n) is 4.12. The number of rotatable bonds is 4. The number of nitrogens with one attached hydrogen (secondary N) is 1. The highest BCUT2D eigenvalue weighted by Gasteiger charge is 2.21. The molecule has 2 aliphatic rings. The van der Waals surface area contributed by atoms with Crippen LogP contribution in [0.4, 0.5) is 20.7 Å². The minimum atomic E-state index is -0.231. The number of hydrogen-bond acceptors (Lipinski definition) is 4. The van der Waals surface area contributed by atoms with Crippen LogP contribution in [0.1, 0.15) is 31.2 Å². The molecule has 2 fully saturated rings. The largest absolute Gasteiger partial charge is 0.368 e. The molecule has 0 spiro atoms. The van der Waals surface area contributed by atoms with Crippen LogP contribution < -0.4 is 15.1 Å². The molecule has 0 radical (unpaired) electrons. The van der Waals surface area contributed by atoms with Crippen molar-refractivity contribution in [2.75, 3.05) is 49.1 Å². The van der Waals surface area contributed by atoms with Crippen molar-refractivity contribution in [1.82, 2.24) is 15.2 Å². The maximum atomic E-state index is 13.1. The van der Waals surface area contributed by atoms with Crippen molar-refractivity contribution in [2.24, 2.45) is 0 Å². The number of benzene rings is 1. The summed E-state index contributed by atoms with van der Waals surface area (Å²) >= 11 is 0. The number of piperazine rings is 1. The van der Waals surface area contributed by atoms with Crippen LogP contribution in [0.3, 0.4) is 0 Å². The summed E-state index contributed by atoms with van der Waals surface area (Å²) in [6.45, 7) is 5.41. The number of amides is 2. The number of pyridine rings is 1. The van der Waals surface area contributed by atoms with Crippen LogP contribution in [0.15, 0.2) is 42.6 Å². The van der Waals surface area contributed by atoms with Crippen LogP contribution in [-0.2, 0) is 6.54 Å². The van der Waals surface area contributed by atoms with E-state index in [1.807, 2.05) is 11.1 Å². The number of anilines is 2. The quantitative estimate of drug-likeness (QED) is 0.835. The van der Waals surface area contributed by atoms with Crippen molar-refractivity contribution in [3.05, 3.63) is 54.0 Å². The molecule has 3 heterocycles. The van der Waals surface area contributed by atoms with Gasteiger partial charge in [-0.1, -0.05) is 18.9 Å². The number of aromatic nitrogens is 1. The minimum absolute atomic E-state index is 0.0506. The van der Waals surface area contributed by atoms with Crippen molar-refractivity contribution in [2.45, 2.75) is 32.2 Å². The van der Waals surface area contributed by atoms with E-state index < -0.39 is 0 Å². The number of nitrogens with zero attached hydrogens (tertiary/aromatic N) is 4. The highest BCUT2D eigenvalue weighted by atomic mass is 19.1. The maximum Gasteiger partial charge on any atom is 0.317 e. The first-order valence-corrected chi connectivity index (χ1v) is 10.9. The van der Waals surface area contributed by atoms with E-state index >= 15 is 0 Å². The lowest BCUT2D eigenvalue weighted by Gasteiger charge is -2.36. The van der Waals surface area contributed by atoms with Crippen molar-refractivity contribution >= 4 is 17.5 Å². The lowest BCUT2D eigenvalue weighted by Crippen LogP contribution is -2.51. The van der Waals surface area contributed by atoms with E-state index in [0.29, 0.717) is 19.6 Å². The zero-order chi connectivity index (χ0) is 20.8. The molecule has 160 valence electrons. The predicted molar refractivity (Wildman–Crippen MR) is 117 cm³/mol. The Balaban J connectivity index is 1.23. The smallest absolute Gasteiger partial charge is 0.317 e. The molecule has 2 aliphatic heterocycles. The molecule has 30 heavy (non-hydrogen) atoms. The average molecular weight is 412 g/mol. The van der Waals surface area contributed by atoms with Gasteiger partial charge in [0.15, 0.2) is 0 Å².